The summed E-state index contributed by atoms with van der Waals surface area (Å²) in [7, 11) is 0. The van der Waals surface area contributed by atoms with E-state index in [1.54, 1.807) is 0 Å². The van der Waals surface area contributed by atoms with Gasteiger partial charge in [0.2, 0.25) is 0 Å². The molecule has 0 spiro atoms. The maximum absolute atomic E-state index is 13.2. The minimum absolute atomic E-state index is 0.0591. The maximum atomic E-state index is 13.2. The SMILES string of the molecule is C=CC[C@@]12CC3CC(=O)C(=Cc4ccccc4)CC3CN1CCc1c2[nH]c2ccccc12. The molecule has 3 heteroatoms. The largest absolute Gasteiger partial charge is 0.357 e. The van der Waals surface area contributed by atoms with Gasteiger partial charge in [0.1, 0.15) is 0 Å². The summed E-state index contributed by atoms with van der Waals surface area (Å²) in [6.07, 6.45) is 8.83. The van der Waals surface area contributed by atoms with Gasteiger partial charge in [-0.05, 0) is 66.4 Å². The summed E-state index contributed by atoms with van der Waals surface area (Å²) < 4.78 is 0. The predicted molar refractivity (Wildman–Crippen MR) is 130 cm³/mol. The molecule has 3 heterocycles. The fourth-order valence-electron chi connectivity index (χ4n) is 6.68. The molecule has 32 heavy (non-hydrogen) atoms. The number of aromatic nitrogens is 1. The number of para-hydroxylation sites is 1. The van der Waals surface area contributed by atoms with Crippen LogP contribution in [0, 0.1) is 11.8 Å². The number of nitrogens with one attached hydrogen (secondary N) is 1. The Kier molecular flexibility index (Phi) is 4.69. The molecule has 162 valence electrons. The summed E-state index contributed by atoms with van der Waals surface area (Å²) in [5, 5.41) is 1.36. The third-order valence-electron chi connectivity index (χ3n) is 8.15. The first-order valence-corrected chi connectivity index (χ1v) is 11.9. The summed E-state index contributed by atoms with van der Waals surface area (Å²) in [5.41, 5.74) is 6.17. The average molecular weight is 423 g/mol. The van der Waals surface area contributed by atoms with Crippen molar-refractivity contribution < 1.29 is 4.79 Å². The lowest BCUT2D eigenvalue weighted by molar-refractivity contribution is -0.121. The molecule has 2 fully saturated rings. The summed E-state index contributed by atoms with van der Waals surface area (Å²) in [6.45, 7) is 6.27. The molecule has 3 nitrogen and oxygen atoms in total. The molecule has 3 aromatic rings. The Balaban J connectivity index is 1.36. The first-order valence-electron chi connectivity index (χ1n) is 11.9. The van der Waals surface area contributed by atoms with Crippen molar-refractivity contribution in [2.45, 2.75) is 37.6 Å². The number of carbonyl (C=O) groups is 1. The molecule has 0 bridgehead atoms. The van der Waals surface area contributed by atoms with Crippen molar-refractivity contribution in [1.29, 1.82) is 0 Å². The Morgan fingerprint density at radius 1 is 1.06 bits per heavy atom. The number of rotatable bonds is 3. The number of ketones is 1. The molecule has 3 atom stereocenters. The van der Waals surface area contributed by atoms with E-state index in [1.165, 1.54) is 22.2 Å². The minimum atomic E-state index is -0.0591. The van der Waals surface area contributed by atoms with E-state index in [0.717, 1.165) is 49.9 Å². The van der Waals surface area contributed by atoms with E-state index in [-0.39, 0.29) is 5.54 Å². The van der Waals surface area contributed by atoms with Crippen LogP contribution in [0.15, 0.2) is 72.8 Å². The molecule has 1 N–H and O–H groups in total. The van der Waals surface area contributed by atoms with Gasteiger partial charge in [-0.15, -0.1) is 6.58 Å². The number of H-pyrrole nitrogens is 1. The summed E-state index contributed by atoms with van der Waals surface area (Å²) in [6, 6.07) is 19.0. The Bertz CT molecular complexity index is 1220. The third-order valence-corrected chi connectivity index (χ3v) is 8.15. The normalized spacial score (nSPS) is 28.9. The van der Waals surface area contributed by atoms with Crippen LogP contribution in [0.25, 0.3) is 17.0 Å². The highest BCUT2D eigenvalue weighted by Crippen LogP contribution is 2.52. The fraction of sp³-hybridized carbons (Fsp3) is 0.345. The molecular formula is C29H30N2O. The molecule has 2 aliphatic heterocycles. The summed E-state index contributed by atoms with van der Waals surface area (Å²) in [4.78, 5) is 19.7. The maximum Gasteiger partial charge on any atom is 0.159 e. The van der Waals surface area contributed by atoms with Crippen LogP contribution in [0.4, 0.5) is 0 Å². The lowest BCUT2D eigenvalue weighted by Crippen LogP contribution is -2.58. The van der Waals surface area contributed by atoms with Crippen molar-refractivity contribution in [2.24, 2.45) is 11.8 Å². The van der Waals surface area contributed by atoms with Crippen LogP contribution in [-0.4, -0.2) is 28.8 Å². The van der Waals surface area contributed by atoms with Crippen LogP contribution in [0.5, 0.6) is 0 Å². The lowest BCUT2D eigenvalue weighted by Gasteiger charge is -2.55. The standard InChI is InChI=1S/C29H30N2O/c1-2-13-29-18-22-17-27(32)21(15-20-8-4-3-5-9-20)16-23(22)19-31(29)14-12-25-24-10-6-7-11-26(24)30-28(25)29/h2-11,15,22-23,30H,1,12-14,16-19H2/t22?,23?,29-/m0/s1. The van der Waals surface area contributed by atoms with E-state index in [9.17, 15) is 4.79 Å². The predicted octanol–water partition coefficient (Wildman–Crippen LogP) is 5.88. The number of piperidine rings is 1. The van der Waals surface area contributed by atoms with E-state index in [4.69, 9.17) is 0 Å². The molecule has 3 aliphatic rings. The molecule has 2 aromatic carbocycles. The zero-order valence-electron chi connectivity index (χ0n) is 18.5. The highest BCUT2D eigenvalue weighted by molar-refractivity contribution is 6.00. The molecule has 0 amide bonds. The number of benzene rings is 2. The van der Waals surface area contributed by atoms with Crippen LogP contribution in [0.3, 0.4) is 0 Å². The molecule has 2 unspecified atom stereocenters. The molecule has 1 saturated heterocycles. The number of Topliss-reactive ketones (excluding diaryl/α,β-unsaturated/α-hetero) is 1. The van der Waals surface area contributed by atoms with E-state index in [2.05, 4.69) is 65.0 Å². The molecule has 1 aromatic heterocycles. The number of hydrogen-bond acceptors (Lipinski definition) is 2. The van der Waals surface area contributed by atoms with Crippen molar-refractivity contribution in [1.82, 2.24) is 9.88 Å². The van der Waals surface area contributed by atoms with Gasteiger partial charge in [-0.1, -0.05) is 54.6 Å². The van der Waals surface area contributed by atoms with E-state index >= 15 is 0 Å². The fourth-order valence-corrected chi connectivity index (χ4v) is 6.68. The van der Waals surface area contributed by atoms with Crippen LogP contribution >= 0.6 is 0 Å². The van der Waals surface area contributed by atoms with Gasteiger partial charge in [0.25, 0.3) is 0 Å². The summed E-state index contributed by atoms with van der Waals surface area (Å²) >= 11 is 0. The van der Waals surface area contributed by atoms with Crippen molar-refractivity contribution in [3.8, 4) is 0 Å². The number of aromatic amines is 1. The van der Waals surface area contributed by atoms with Crippen LogP contribution in [0.2, 0.25) is 0 Å². The highest BCUT2D eigenvalue weighted by atomic mass is 16.1. The molecule has 6 rings (SSSR count). The first-order chi connectivity index (χ1) is 15.7. The van der Waals surface area contributed by atoms with Gasteiger partial charge in [-0.3, -0.25) is 9.69 Å². The van der Waals surface area contributed by atoms with Crippen molar-refractivity contribution in [2.75, 3.05) is 13.1 Å². The zero-order chi connectivity index (χ0) is 21.7. The Hall–Kier alpha value is -2.91. The van der Waals surface area contributed by atoms with E-state index < -0.39 is 0 Å². The van der Waals surface area contributed by atoms with E-state index in [0.29, 0.717) is 24.0 Å². The van der Waals surface area contributed by atoms with Gasteiger partial charge in [0.05, 0.1) is 5.54 Å². The van der Waals surface area contributed by atoms with Crippen molar-refractivity contribution in [3.63, 3.8) is 0 Å². The van der Waals surface area contributed by atoms with Gasteiger partial charge < -0.3 is 4.98 Å². The number of hydrogen-bond donors (Lipinski definition) is 1. The molecule has 1 aliphatic carbocycles. The second-order valence-corrected chi connectivity index (χ2v) is 9.88. The average Bonchev–Trinajstić information content (AvgIpc) is 3.19. The molecular weight excluding hydrogens is 392 g/mol. The topological polar surface area (TPSA) is 36.1 Å². The molecule has 1 saturated carbocycles. The van der Waals surface area contributed by atoms with Gasteiger partial charge >= 0.3 is 0 Å². The van der Waals surface area contributed by atoms with Crippen LogP contribution in [0.1, 0.15) is 42.5 Å². The number of fused-ring (bicyclic) bond motifs is 6. The van der Waals surface area contributed by atoms with Gasteiger partial charge in [-0.2, -0.15) is 0 Å². The van der Waals surface area contributed by atoms with Crippen LogP contribution < -0.4 is 0 Å². The quantitative estimate of drug-likeness (QED) is 0.423. The van der Waals surface area contributed by atoms with Crippen LogP contribution in [-0.2, 0) is 16.8 Å². The Labute approximate surface area is 189 Å². The van der Waals surface area contributed by atoms with Crippen molar-refractivity contribution in [3.05, 3.63) is 89.6 Å². The summed E-state index contributed by atoms with van der Waals surface area (Å²) in [5.74, 6) is 1.32. The molecule has 0 radical (unpaired) electrons. The number of carbonyl (C=O) groups excluding carboxylic acids is 1. The number of nitrogens with zero attached hydrogens (tertiary/aromatic N) is 1. The third kappa shape index (κ3) is 3.02. The van der Waals surface area contributed by atoms with Gasteiger partial charge in [-0.25, -0.2) is 0 Å². The second-order valence-electron chi connectivity index (χ2n) is 9.88. The highest BCUT2D eigenvalue weighted by Gasteiger charge is 2.51. The second kappa shape index (κ2) is 7.60. The minimum Gasteiger partial charge on any atom is -0.357 e. The smallest absolute Gasteiger partial charge is 0.159 e. The lowest BCUT2D eigenvalue weighted by atomic mass is 9.63. The van der Waals surface area contributed by atoms with Gasteiger partial charge in [0.15, 0.2) is 5.78 Å². The van der Waals surface area contributed by atoms with Gasteiger partial charge in [0, 0.05) is 36.1 Å². The Morgan fingerprint density at radius 2 is 1.88 bits per heavy atom. The Morgan fingerprint density at radius 3 is 2.72 bits per heavy atom. The van der Waals surface area contributed by atoms with Crippen molar-refractivity contribution >= 4 is 22.8 Å². The first kappa shape index (κ1) is 19.8. The van der Waals surface area contributed by atoms with E-state index in [1.807, 2.05) is 18.2 Å². The monoisotopic (exact) mass is 422 g/mol. The zero-order valence-corrected chi connectivity index (χ0v) is 18.5. The number of allylic oxidation sites excluding steroid dienone is 1.